The van der Waals surface area contributed by atoms with Crippen molar-refractivity contribution >= 4 is 16.9 Å². The quantitative estimate of drug-likeness (QED) is 0.258. The lowest BCUT2D eigenvalue weighted by Crippen LogP contribution is -2.07. The van der Waals surface area contributed by atoms with Crippen molar-refractivity contribution in [3.05, 3.63) is 59.4 Å². The van der Waals surface area contributed by atoms with Gasteiger partial charge in [-0.2, -0.15) is 0 Å². The fraction of sp³-hybridized carbons (Fsp3) is 0.320. The van der Waals surface area contributed by atoms with Crippen molar-refractivity contribution in [1.82, 2.24) is 0 Å². The summed E-state index contributed by atoms with van der Waals surface area (Å²) in [7, 11) is 6.32. The third kappa shape index (κ3) is 5.23. The molecule has 0 unspecified atom stereocenters. The van der Waals surface area contributed by atoms with E-state index in [1.807, 2.05) is 37.3 Å². The van der Waals surface area contributed by atoms with E-state index in [1.54, 1.807) is 34.5 Å². The fourth-order valence-electron chi connectivity index (χ4n) is 3.47. The van der Waals surface area contributed by atoms with Crippen LogP contribution in [0.3, 0.4) is 0 Å². The number of methoxy groups -OCH3 is 4. The summed E-state index contributed by atoms with van der Waals surface area (Å²) in [5.74, 6) is 2.42. The smallest absolute Gasteiger partial charge is 0.335 e. The van der Waals surface area contributed by atoms with Crippen LogP contribution in [-0.2, 0) is 22.4 Å². The molecule has 0 atom stereocenters. The summed E-state index contributed by atoms with van der Waals surface area (Å²) in [6.07, 6.45) is 4.25. The first-order valence-electron chi connectivity index (χ1n) is 10.2. The summed E-state index contributed by atoms with van der Waals surface area (Å²) in [5, 5.41) is 0.766. The molecule has 0 aliphatic heterocycles. The Bertz CT molecular complexity index is 1090. The minimum absolute atomic E-state index is 0.470. The monoisotopic (exact) mass is 440 g/mol. The van der Waals surface area contributed by atoms with Crippen LogP contribution in [0, 0.1) is 6.92 Å². The van der Waals surface area contributed by atoms with Crippen LogP contribution in [-0.4, -0.2) is 41.0 Å². The lowest BCUT2D eigenvalue weighted by molar-refractivity contribution is -0.128. The fourth-order valence-corrected chi connectivity index (χ4v) is 3.47. The topological polar surface area (TPSA) is 76.4 Å². The summed E-state index contributed by atoms with van der Waals surface area (Å²) < 4.78 is 32.7. The number of esters is 1. The van der Waals surface area contributed by atoms with Gasteiger partial charge in [0.15, 0.2) is 11.5 Å². The number of rotatable bonds is 10. The molecule has 0 N–H and O–H groups in total. The standard InChI is InChI=1S/C25H28O7/c1-16-13-19-20(31-16)10-9-18(11-12-27-2)24(19)32-23(26)8-6-7-17-14-21(28-3)25(30-5)22(15-17)29-4/h6,8-10,13-15H,7,11-12H2,1-5H3/b8-6+. The molecular formula is C25H28O7. The summed E-state index contributed by atoms with van der Waals surface area (Å²) in [5.41, 5.74) is 2.45. The Hall–Kier alpha value is -3.45. The normalized spacial score (nSPS) is 11.2. The van der Waals surface area contributed by atoms with Crippen LogP contribution in [0.25, 0.3) is 11.0 Å². The molecular weight excluding hydrogens is 412 g/mol. The van der Waals surface area contributed by atoms with E-state index in [4.69, 9.17) is 28.1 Å². The van der Waals surface area contributed by atoms with Crippen molar-refractivity contribution < 1.29 is 32.9 Å². The maximum absolute atomic E-state index is 12.6. The number of benzene rings is 2. The highest BCUT2D eigenvalue weighted by molar-refractivity contribution is 5.91. The van der Waals surface area contributed by atoms with E-state index in [-0.39, 0.29) is 0 Å². The highest BCUT2D eigenvalue weighted by atomic mass is 16.5. The zero-order valence-electron chi connectivity index (χ0n) is 19.0. The largest absolute Gasteiger partial charge is 0.493 e. The summed E-state index contributed by atoms with van der Waals surface area (Å²) in [6.45, 7) is 2.38. The van der Waals surface area contributed by atoms with Crippen LogP contribution in [0.1, 0.15) is 16.9 Å². The molecule has 0 saturated carbocycles. The average Bonchev–Trinajstić information content (AvgIpc) is 3.18. The molecule has 1 aromatic heterocycles. The molecule has 170 valence electrons. The van der Waals surface area contributed by atoms with Crippen LogP contribution in [0.5, 0.6) is 23.0 Å². The van der Waals surface area contributed by atoms with Crippen LogP contribution in [0.4, 0.5) is 0 Å². The molecule has 32 heavy (non-hydrogen) atoms. The van der Waals surface area contributed by atoms with E-state index < -0.39 is 5.97 Å². The number of fused-ring (bicyclic) bond motifs is 1. The van der Waals surface area contributed by atoms with Gasteiger partial charge in [0, 0.05) is 13.2 Å². The van der Waals surface area contributed by atoms with Crippen molar-refractivity contribution in [3.8, 4) is 23.0 Å². The zero-order chi connectivity index (χ0) is 23.1. The summed E-state index contributed by atoms with van der Waals surface area (Å²) in [4.78, 5) is 12.6. The van der Waals surface area contributed by atoms with Crippen LogP contribution < -0.4 is 18.9 Å². The van der Waals surface area contributed by atoms with Gasteiger partial charge in [-0.3, -0.25) is 0 Å². The Labute approximate surface area is 187 Å². The molecule has 0 spiro atoms. The number of aryl methyl sites for hydroxylation is 1. The number of furan rings is 1. The number of ether oxygens (including phenoxy) is 5. The van der Waals surface area contributed by atoms with E-state index in [1.165, 1.54) is 6.08 Å². The van der Waals surface area contributed by atoms with E-state index in [0.717, 1.165) is 22.3 Å². The molecule has 7 nitrogen and oxygen atoms in total. The maximum Gasteiger partial charge on any atom is 0.335 e. The molecule has 2 aromatic carbocycles. The van der Waals surface area contributed by atoms with Crippen molar-refractivity contribution in [2.24, 2.45) is 0 Å². The Morgan fingerprint density at radius 2 is 1.69 bits per heavy atom. The molecule has 0 saturated heterocycles. The maximum atomic E-state index is 12.6. The van der Waals surface area contributed by atoms with E-state index >= 15 is 0 Å². The van der Waals surface area contributed by atoms with E-state index in [2.05, 4.69) is 0 Å². The minimum atomic E-state index is -0.470. The molecule has 1 heterocycles. The van der Waals surface area contributed by atoms with Gasteiger partial charge in [0.1, 0.15) is 17.1 Å². The van der Waals surface area contributed by atoms with Crippen LogP contribution >= 0.6 is 0 Å². The van der Waals surface area contributed by atoms with Gasteiger partial charge in [-0.15, -0.1) is 0 Å². The summed E-state index contributed by atoms with van der Waals surface area (Å²) in [6, 6.07) is 9.33. The van der Waals surface area contributed by atoms with E-state index in [9.17, 15) is 4.79 Å². The molecule has 0 bridgehead atoms. The number of carbonyl (C=O) groups is 1. The highest BCUT2D eigenvalue weighted by Gasteiger charge is 2.16. The molecule has 0 aliphatic rings. The number of allylic oxidation sites excluding steroid dienone is 1. The Balaban J connectivity index is 1.78. The Morgan fingerprint density at radius 1 is 0.969 bits per heavy atom. The van der Waals surface area contributed by atoms with Crippen molar-refractivity contribution in [3.63, 3.8) is 0 Å². The SMILES string of the molecule is COCCc1ccc2oc(C)cc2c1OC(=O)/C=C/Cc1cc(OC)c(OC)c(OC)c1. The first-order chi connectivity index (χ1) is 15.5. The van der Waals surface area contributed by atoms with Gasteiger partial charge in [-0.05, 0) is 55.2 Å². The number of carbonyl (C=O) groups excluding carboxylic acids is 1. The second kappa shape index (κ2) is 10.7. The number of hydrogen-bond acceptors (Lipinski definition) is 7. The predicted octanol–water partition coefficient (Wildman–Crippen LogP) is 4.66. The van der Waals surface area contributed by atoms with Gasteiger partial charge < -0.3 is 28.1 Å². The van der Waals surface area contributed by atoms with E-state index in [0.29, 0.717) is 48.0 Å². The first kappa shape index (κ1) is 23.2. The second-order valence-electron chi connectivity index (χ2n) is 7.13. The molecule has 7 heteroatoms. The number of hydrogen-bond donors (Lipinski definition) is 0. The predicted molar refractivity (Wildman–Crippen MR) is 121 cm³/mol. The Morgan fingerprint density at radius 3 is 2.31 bits per heavy atom. The molecule has 0 aliphatic carbocycles. The average molecular weight is 440 g/mol. The Kier molecular flexibility index (Phi) is 7.78. The molecule has 0 fully saturated rings. The van der Waals surface area contributed by atoms with Gasteiger partial charge >= 0.3 is 5.97 Å². The molecule has 0 amide bonds. The van der Waals surface area contributed by atoms with Crippen LogP contribution in [0.2, 0.25) is 0 Å². The molecule has 0 radical (unpaired) electrons. The first-order valence-corrected chi connectivity index (χ1v) is 10.2. The zero-order valence-corrected chi connectivity index (χ0v) is 19.0. The lowest BCUT2D eigenvalue weighted by atomic mass is 10.1. The van der Waals surface area contributed by atoms with Crippen molar-refractivity contribution in [2.45, 2.75) is 19.8 Å². The third-order valence-electron chi connectivity index (χ3n) is 4.97. The van der Waals surface area contributed by atoms with Gasteiger partial charge in [0.05, 0.1) is 33.3 Å². The minimum Gasteiger partial charge on any atom is -0.493 e. The van der Waals surface area contributed by atoms with Crippen molar-refractivity contribution in [1.29, 1.82) is 0 Å². The highest BCUT2D eigenvalue weighted by Crippen LogP contribution is 2.38. The lowest BCUT2D eigenvalue weighted by Gasteiger charge is -2.13. The molecule has 3 rings (SSSR count). The molecule has 3 aromatic rings. The van der Waals surface area contributed by atoms with Gasteiger partial charge in [-0.1, -0.05) is 12.1 Å². The summed E-state index contributed by atoms with van der Waals surface area (Å²) >= 11 is 0. The van der Waals surface area contributed by atoms with Gasteiger partial charge in [0.2, 0.25) is 5.75 Å². The van der Waals surface area contributed by atoms with Gasteiger partial charge in [-0.25, -0.2) is 4.79 Å². The van der Waals surface area contributed by atoms with Crippen LogP contribution in [0.15, 0.2) is 46.9 Å². The second-order valence-corrected chi connectivity index (χ2v) is 7.13. The van der Waals surface area contributed by atoms with Crippen molar-refractivity contribution in [2.75, 3.05) is 35.0 Å². The van der Waals surface area contributed by atoms with Gasteiger partial charge in [0.25, 0.3) is 0 Å². The third-order valence-corrected chi connectivity index (χ3v) is 4.97.